The molecule has 0 aromatic carbocycles. The van der Waals surface area contributed by atoms with Crippen molar-refractivity contribution in [2.75, 3.05) is 0 Å². The molecule has 2 bridgehead atoms. The molecule has 3 saturated carbocycles. The van der Waals surface area contributed by atoms with Crippen molar-refractivity contribution in [3.63, 3.8) is 0 Å². The lowest BCUT2D eigenvalue weighted by atomic mass is 9.69. The van der Waals surface area contributed by atoms with Gasteiger partial charge in [0.1, 0.15) is 11.9 Å². The number of carbonyl (C=O) groups excluding carboxylic acids is 2. The Morgan fingerprint density at radius 2 is 1.96 bits per heavy atom. The van der Waals surface area contributed by atoms with Crippen LogP contribution in [0.1, 0.15) is 59.3 Å². The summed E-state index contributed by atoms with van der Waals surface area (Å²) in [7, 11) is 0. The second-order valence-corrected chi connectivity index (χ2v) is 8.68. The summed E-state index contributed by atoms with van der Waals surface area (Å²) in [6.45, 7) is 7.04. The predicted octanol–water partition coefficient (Wildman–Crippen LogP) is 3.19. The molecule has 3 fully saturated rings. The third-order valence-electron chi connectivity index (χ3n) is 7.59. The maximum atomic E-state index is 12.0. The topological polar surface area (TPSA) is 52.6 Å². The lowest BCUT2D eigenvalue weighted by Crippen LogP contribution is -2.51. The minimum atomic E-state index is -0.715. The number of rotatable bonds is 2. The van der Waals surface area contributed by atoms with Gasteiger partial charge in [-0.25, -0.2) is 4.79 Å². The first-order chi connectivity index (χ1) is 10.8. The fraction of sp³-hybridized carbons (Fsp3) is 0.789. The molecule has 0 saturated heterocycles. The molecule has 4 rings (SSSR count). The van der Waals surface area contributed by atoms with Crippen molar-refractivity contribution < 1.29 is 19.1 Å². The molecule has 3 aliphatic carbocycles. The molecule has 0 amide bonds. The van der Waals surface area contributed by atoms with Gasteiger partial charge in [-0.3, -0.25) is 4.79 Å². The molecule has 0 N–H and O–H groups in total. The number of ether oxygens (including phenoxy) is 2. The van der Waals surface area contributed by atoms with Crippen LogP contribution in [-0.2, 0) is 19.1 Å². The van der Waals surface area contributed by atoms with E-state index in [1.807, 2.05) is 6.08 Å². The van der Waals surface area contributed by atoms with Crippen molar-refractivity contribution in [3.8, 4) is 0 Å². The molecule has 4 nitrogen and oxygen atoms in total. The van der Waals surface area contributed by atoms with Crippen LogP contribution in [-0.4, -0.2) is 29.6 Å². The Labute approximate surface area is 137 Å². The molecular weight excluding hydrogens is 292 g/mol. The normalized spacial score (nSPS) is 47.5. The molecule has 1 heterocycles. The predicted molar refractivity (Wildman–Crippen MR) is 84.7 cm³/mol. The largest absolute Gasteiger partial charge is 0.449 e. The molecule has 0 radical (unpaired) electrons. The van der Waals surface area contributed by atoms with Gasteiger partial charge in [0.15, 0.2) is 5.60 Å². The number of hydrogen-bond donors (Lipinski definition) is 0. The van der Waals surface area contributed by atoms with E-state index in [2.05, 4.69) is 20.8 Å². The summed E-state index contributed by atoms with van der Waals surface area (Å²) in [5.74, 6) is 0.589. The Bertz CT molecular complexity index is 592. The SMILES string of the molecule is CC1(C)[C@H]2CC[C@]1(C)[C@H](O[C@H]1CC(=O)CC[C@@]13C=CC(=O)O3)C2. The van der Waals surface area contributed by atoms with E-state index in [-0.39, 0.29) is 34.8 Å². The van der Waals surface area contributed by atoms with E-state index in [0.717, 1.165) is 6.42 Å². The summed E-state index contributed by atoms with van der Waals surface area (Å²) < 4.78 is 12.1. The Balaban J connectivity index is 1.59. The van der Waals surface area contributed by atoms with E-state index in [4.69, 9.17) is 9.47 Å². The molecule has 0 aromatic heterocycles. The Morgan fingerprint density at radius 1 is 1.17 bits per heavy atom. The van der Waals surface area contributed by atoms with Crippen molar-refractivity contribution in [1.82, 2.24) is 0 Å². The van der Waals surface area contributed by atoms with Crippen molar-refractivity contribution in [3.05, 3.63) is 12.2 Å². The highest BCUT2D eigenvalue weighted by molar-refractivity contribution is 5.87. The third-order valence-corrected chi connectivity index (χ3v) is 7.59. The van der Waals surface area contributed by atoms with Crippen molar-refractivity contribution >= 4 is 11.8 Å². The third kappa shape index (κ3) is 2.00. The van der Waals surface area contributed by atoms with E-state index in [1.54, 1.807) is 0 Å². The summed E-state index contributed by atoms with van der Waals surface area (Å²) in [5, 5.41) is 0. The van der Waals surface area contributed by atoms with Crippen LogP contribution in [0.15, 0.2) is 12.2 Å². The first-order valence-corrected chi connectivity index (χ1v) is 8.86. The summed E-state index contributed by atoms with van der Waals surface area (Å²) in [6.07, 6.45) is 8.01. The summed E-state index contributed by atoms with van der Waals surface area (Å²) in [6, 6.07) is 0. The van der Waals surface area contributed by atoms with Gasteiger partial charge in [-0.15, -0.1) is 0 Å². The zero-order valence-corrected chi connectivity index (χ0v) is 14.3. The van der Waals surface area contributed by atoms with Crippen molar-refractivity contribution in [2.24, 2.45) is 16.7 Å². The van der Waals surface area contributed by atoms with Gasteiger partial charge in [0, 0.05) is 25.3 Å². The van der Waals surface area contributed by atoms with Gasteiger partial charge in [-0.2, -0.15) is 0 Å². The number of Topliss-reactive ketones (excluding diaryl/α,β-unsaturated/α-hetero) is 1. The number of fused-ring (bicyclic) bond motifs is 2. The van der Waals surface area contributed by atoms with Crippen LogP contribution in [0.3, 0.4) is 0 Å². The van der Waals surface area contributed by atoms with Crippen LogP contribution in [0, 0.1) is 16.7 Å². The lowest BCUT2D eigenvalue weighted by Gasteiger charge is -2.44. The molecule has 126 valence electrons. The van der Waals surface area contributed by atoms with Crippen LogP contribution in [0.4, 0.5) is 0 Å². The zero-order chi connectivity index (χ0) is 16.5. The average Bonchev–Trinajstić information content (AvgIpc) is 3.02. The molecule has 1 aliphatic heterocycles. The van der Waals surface area contributed by atoms with Gasteiger partial charge in [0.25, 0.3) is 0 Å². The quantitative estimate of drug-likeness (QED) is 0.734. The van der Waals surface area contributed by atoms with Crippen molar-refractivity contribution in [1.29, 1.82) is 0 Å². The van der Waals surface area contributed by atoms with Crippen LogP contribution < -0.4 is 0 Å². The molecule has 0 unspecified atom stereocenters. The molecule has 23 heavy (non-hydrogen) atoms. The van der Waals surface area contributed by atoms with Gasteiger partial charge in [-0.05, 0) is 42.1 Å². The summed E-state index contributed by atoms with van der Waals surface area (Å²) in [4.78, 5) is 23.6. The highest BCUT2D eigenvalue weighted by Gasteiger charge is 2.63. The minimum absolute atomic E-state index is 0.145. The van der Waals surface area contributed by atoms with Gasteiger partial charge in [0.05, 0.1) is 6.10 Å². The fourth-order valence-corrected chi connectivity index (χ4v) is 5.45. The van der Waals surface area contributed by atoms with Gasteiger partial charge in [-0.1, -0.05) is 20.8 Å². The Morgan fingerprint density at radius 3 is 2.52 bits per heavy atom. The second-order valence-electron chi connectivity index (χ2n) is 8.68. The Hall–Kier alpha value is -1.16. The van der Waals surface area contributed by atoms with Crippen LogP contribution in [0.5, 0.6) is 0 Å². The number of hydrogen-bond acceptors (Lipinski definition) is 4. The highest BCUT2D eigenvalue weighted by atomic mass is 16.6. The molecule has 0 aromatic rings. The monoisotopic (exact) mass is 318 g/mol. The standard InChI is InChI=1S/C19H26O4/c1-17(2)12-4-7-18(17,3)14(10-12)22-15-11-13(20)5-8-19(15)9-6-16(21)23-19/h6,9,12,14-15H,4-5,7-8,10-11H2,1-3H3/t12-,14+,15-,18+,19+/m0/s1. The number of ketones is 1. The second kappa shape index (κ2) is 4.69. The van der Waals surface area contributed by atoms with Crippen LogP contribution in [0.2, 0.25) is 0 Å². The zero-order valence-electron chi connectivity index (χ0n) is 14.3. The van der Waals surface area contributed by atoms with Crippen LogP contribution in [0.25, 0.3) is 0 Å². The molecular formula is C19H26O4. The first kappa shape index (κ1) is 15.4. The smallest absolute Gasteiger partial charge is 0.331 e. The molecule has 5 atom stereocenters. The Kier molecular flexibility index (Phi) is 3.13. The minimum Gasteiger partial charge on any atom is -0.449 e. The highest BCUT2D eigenvalue weighted by Crippen LogP contribution is 2.66. The van der Waals surface area contributed by atoms with E-state index in [0.29, 0.717) is 25.2 Å². The van der Waals surface area contributed by atoms with E-state index >= 15 is 0 Å². The van der Waals surface area contributed by atoms with Crippen LogP contribution >= 0.6 is 0 Å². The molecule has 1 spiro atoms. The fourth-order valence-electron chi connectivity index (χ4n) is 5.45. The van der Waals surface area contributed by atoms with E-state index < -0.39 is 5.60 Å². The maximum absolute atomic E-state index is 12.0. The van der Waals surface area contributed by atoms with Gasteiger partial charge < -0.3 is 9.47 Å². The van der Waals surface area contributed by atoms with E-state index in [1.165, 1.54) is 18.9 Å². The number of esters is 1. The molecule has 4 aliphatic rings. The summed E-state index contributed by atoms with van der Waals surface area (Å²) in [5.41, 5.74) is -0.301. The number of carbonyl (C=O) groups is 2. The summed E-state index contributed by atoms with van der Waals surface area (Å²) >= 11 is 0. The first-order valence-electron chi connectivity index (χ1n) is 8.86. The maximum Gasteiger partial charge on any atom is 0.331 e. The molecule has 4 heteroatoms. The van der Waals surface area contributed by atoms with Gasteiger partial charge in [0.2, 0.25) is 0 Å². The lowest BCUT2D eigenvalue weighted by molar-refractivity contribution is -0.186. The van der Waals surface area contributed by atoms with Gasteiger partial charge >= 0.3 is 5.97 Å². The van der Waals surface area contributed by atoms with E-state index in [9.17, 15) is 9.59 Å². The average molecular weight is 318 g/mol. The van der Waals surface area contributed by atoms with Crippen molar-refractivity contribution in [2.45, 2.75) is 77.1 Å².